The highest BCUT2D eigenvalue weighted by Crippen LogP contribution is 2.23. The molecular weight excluding hydrogens is 380 g/mol. The number of nitrogens with zero attached hydrogens (tertiary/aromatic N) is 2. The predicted molar refractivity (Wildman–Crippen MR) is 109 cm³/mol. The molecular formula is C21H19ClN2O4. The third-order valence-corrected chi connectivity index (χ3v) is 5.15. The monoisotopic (exact) mass is 398 g/mol. The first-order valence-corrected chi connectivity index (χ1v) is 9.34. The van der Waals surface area contributed by atoms with Crippen molar-refractivity contribution in [2.24, 2.45) is 0 Å². The van der Waals surface area contributed by atoms with Crippen LogP contribution in [0.3, 0.4) is 0 Å². The van der Waals surface area contributed by atoms with Gasteiger partial charge in [0, 0.05) is 42.3 Å². The summed E-state index contributed by atoms with van der Waals surface area (Å²) in [6.07, 6.45) is 0. The highest BCUT2D eigenvalue weighted by atomic mass is 35.5. The van der Waals surface area contributed by atoms with Gasteiger partial charge < -0.3 is 19.0 Å². The molecule has 4 rings (SSSR count). The zero-order chi connectivity index (χ0) is 19.7. The second-order valence-corrected chi connectivity index (χ2v) is 7.05. The minimum atomic E-state index is -0.625. The van der Waals surface area contributed by atoms with Gasteiger partial charge in [-0.1, -0.05) is 17.7 Å². The smallest absolute Gasteiger partial charge is 0.349 e. The Morgan fingerprint density at radius 1 is 1.07 bits per heavy atom. The van der Waals surface area contributed by atoms with Crippen LogP contribution in [0.15, 0.2) is 57.7 Å². The quantitative estimate of drug-likeness (QED) is 0.632. The van der Waals surface area contributed by atoms with Gasteiger partial charge in [-0.2, -0.15) is 0 Å². The Bertz CT molecular complexity index is 1090. The van der Waals surface area contributed by atoms with Crippen LogP contribution in [0.5, 0.6) is 5.75 Å². The Kier molecular flexibility index (Phi) is 4.96. The number of benzene rings is 2. The summed E-state index contributed by atoms with van der Waals surface area (Å²) in [5.74, 6) is 0.319. The average molecular weight is 399 g/mol. The maximum Gasteiger partial charge on any atom is 0.349 e. The molecule has 7 heteroatoms. The maximum absolute atomic E-state index is 12.9. The van der Waals surface area contributed by atoms with E-state index < -0.39 is 5.63 Å². The second-order valence-electron chi connectivity index (χ2n) is 6.61. The van der Waals surface area contributed by atoms with Crippen molar-refractivity contribution in [1.29, 1.82) is 0 Å². The summed E-state index contributed by atoms with van der Waals surface area (Å²) < 4.78 is 10.5. The van der Waals surface area contributed by atoms with E-state index in [9.17, 15) is 9.59 Å². The van der Waals surface area contributed by atoms with E-state index in [2.05, 4.69) is 4.90 Å². The molecule has 1 fully saturated rings. The Hall–Kier alpha value is -2.99. The molecule has 1 saturated heterocycles. The number of ether oxygens (including phenoxy) is 1. The van der Waals surface area contributed by atoms with Gasteiger partial charge in [0.25, 0.3) is 5.91 Å². The lowest BCUT2D eigenvalue weighted by Gasteiger charge is -2.36. The first kappa shape index (κ1) is 18.4. The van der Waals surface area contributed by atoms with Crippen molar-refractivity contribution in [3.63, 3.8) is 0 Å². The third kappa shape index (κ3) is 3.55. The summed E-state index contributed by atoms with van der Waals surface area (Å²) >= 11 is 6.06. The van der Waals surface area contributed by atoms with Crippen LogP contribution >= 0.6 is 11.6 Å². The molecule has 0 aliphatic carbocycles. The molecule has 2 aromatic carbocycles. The molecule has 1 aliphatic heterocycles. The molecule has 3 aromatic rings. The van der Waals surface area contributed by atoms with Gasteiger partial charge in [-0.05, 0) is 42.5 Å². The van der Waals surface area contributed by atoms with Gasteiger partial charge in [-0.3, -0.25) is 4.79 Å². The number of piperazine rings is 1. The van der Waals surface area contributed by atoms with Gasteiger partial charge in [0.05, 0.1) is 7.11 Å². The molecule has 0 unspecified atom stereocenters. The van der Waals surface area contributed by atoms with Gasteiger partial charge in [0.15, 0.2) is 0 Å². The van der Waals surface area contributed by atoms with E-state index in [-0.39, 0.29) is 11.5 Å². The van der Waals surface area contributed by atoms with E-state index in [4.69, 9.17) is 20.8 Å². The van der Waals surface area contributed by atoms with Crippen molar-refractivity contribution in [3.8, 4) is 5.75 Å². The number of anilines is 1. The number of carbonyl (C=O) groups is 1. The molecule has 144 valence electrons. The van der Waals surface area contributed by atoms with Crippen LogP contribution in [0, 0.1) is 0 Å². The molecule has 1 amide bonds. The summed E-state index contributed by atoms with van der Waals surface area (Å²) in [5, 5.41) is 1.33. The Morgan fingerprint density at radius 3 is 2.57 bits per heavy atom. The topological polar surface area (TPSA) is 63.0 Å². The molecule has 6 nitrogen and oxygen atoms in total. The molecule has 1 aromatic heterocycles. The molecule has 2 heterocycles. The number of carbonyl (C=O) groups excluding carboxylic acids is 1. The van der Waals surface area contributed by atoms with Crippen molar-refractivity contribution in [1.82, 2.24) is 4.90 Å². The number of methoxy groups -OCH3 is 1. The number of amides is 1. The van der Waals surface area contributed by atoms with E-state index in [0.29, 0.717) is 47.9 Å². The molecule has 0 spiro atoms. The Balaban J connectivity index is 1.53. The molecule has 0 N–H and O–H groups in total. The van der Waals surface area contributed by atoms with Crippen LogP contribution in [0.25, 0.3) is 11.0 Å². The number of fused-ring (bicyclic) bond motifs is 1. The SMILES string of the molecule is COc1ccc2oc(=O)c(C(=O)N3CCN(c4cccc(Cl)c4)CC3)cc2c1. The predicted octanol–water partition coefficient (Wildman–Crippen LogP) is 3.42. The number of hydrogen-bond acceptors (Lipinski definition) is 5. The maximum atomic E-state index is 12.9. The van der Waals surface area contributed by atoms with Crippen molar-refractivity contribution < 1.29 is 13.9 Å². The molecule has 0 saturated carbocycles. The summed E-state index contributed by atoms with van der Waals surface area (Å²) in [4.78, 5) is 29.1. The molecule has 28 heavy (non-hydrogen) atoms. The largest absolute Gasteiger partial charge is 0.497 e. The minimum absolute atomic E-state index is 0.0389. The number of hydrogen-bond donors (Lipinski definition) is 0. The lowest BCUT2D eigenvalue weighted by molar-refractivity contribution is 0.0742. The minimum Gasteiger partial charge on any atom is -0.497 e. The zero-order valence-electron chi connectivity index (χ0n) is 15.4. The Labute approximate surface area is 166 Å². The van der Waals surface area contributed by atoms with E-state index in [1.165, 1.54) is 0 Å². The fourth-order valence-corrected chi connectivity index (χ4v) is 3.57. The van der Waals surface area contributed by atoms with Crippen LogP contribution in [-0.2, 0) is 0 Å². The van der Waals surface area contributed by atoms with Crippen molar-refractivity contribution in [3.05, 3.63) is 69.5 Å². The van der Waals surface area contributed by atoms with Crippen molar-refractivity contribution in [2.75, 3.05) is 38.2 Å². The number of halogens is 1. The first-order valence-electron chi connectivity index (χ1n) is 8.97. The molecule has 1 aliphatic rings. The zero-order valence-corrected chi connectivity index (χ0v) is 16.1. The lowest BCUT2D eigenvalue weighted by atomic mass is 10.1. The van der Waals surface area contributed by atoms with Gasteiger partial charge in [0.1, 0.15) is 16.9 Å². The van der Waals surface area contributed by atoms with Crippen LogP contribution in [0.4, 0.5) is 5.69 Å². The third-order valence-electron chi connectivity index (χ3n) is 4.91. The van der Waals surface area contributed by atoms with Crippen LogP contribution in [0.1, 0.15) is 10.4 Å². The molecule has 0 atom stereocenters. The summed E-state index contributed by atoms with van der Waals surface area (Å²) in [6.45, 7) is 2.36. The highest BCUT2D eigenvalue weighted by molar-refractivity contribution is 6.30. The van der Waals surface area contributed by atoms with Crippen LogP contribution in [-0.4, -0.2) is 44.1 Å². The van der Waals surface area contributed by atoms with E-state index in [1.807, 2.05) is 24.3 Å². The van der Waals surface area contributed by atoms with Gasteiger partial charge in [-0.25, -0.2) is 4.79 Å². The van der Waals surface area contributed by atoms with Crippen LogP contribution in [0.2, 0.25) is 5.02 Å². The van der Waals surface area contributed by atoms with Gasteiger partial charge >= 0.3 is 5.63 Å². The van der Waals surface area contributed by atoms with Crippen LogP contribution < -0.4 is 15.3 Å². The summed E-state index contributed by atoms with van der Waals surface area (Å²) in [6, 6.07) is 14.3. The highest BCUT2D eigenvalue weighted by Gasteiger charge is 2.25. The van der Waals surface area contributed by atoms with Crippen molar-refractivity contribution >= 4 is 34.2 Å². The van der Waals surface area contributed by atoms with Gasteiger partial charge in [-0.15, -0.1) is 0 Å². The molecule has 0 radical (unpaired) electrons. The number of rotatable bonds is 3. The first-order chi connectivity index (χ1) is 13.5. The average Bonchev–Trinajstić information content (AvgIpc) is 2.72. The summed E-state index contributed by atoms with van der Waals surface area (Å²) in [7, 11) is 1.56. The summed E-state index contributed by atoms with van der Waals surface area (Å²) in [5.41, 5.74) is 0.863. The standard InChI is InChI=1S/C21H19ClN2O4/c1-27-17-5-6-19-14(11-17)12-18(21(26)28-19)20(25)24-9-7-23(8-10-24)16-4-2-3-15(22)13-16/h2-6,11-13H,7-10H2,1H3. The fourth-order valence-electron chi connectivity index (χ4n) is 3.39. The fraction of sp³-hybridized carbons (Fsp3) is 0.238. The normalized spacial score (nSPS) is 14.4. The van der Waals surface area contributed by atoms with E-state index in [1.54, 1.807) is 36.3 Å². The van der Waals surface area contributed by atoms with Gasteiger partial charge in [0.2, 0.25) is 0 Å². The van der Waals surface area contributed by atoms with Crippen molar-refractivity contribution in [2.45, 2.75) is 0 Å². The second kappa shape index (κ2) is 7.56. The lowest BCUT2D eigenvalue weighted by Crippen LogP contribution is -2.49. The molecule has 0 bridgehead atoms. The Morgan fingerprint density at radius 2 is 1.86 bits per heavy atom. The van der Waals surface area contributed by atoms with E-state index in [0.717, 1.165) is 5.69 Å². The van der Waals surface area contributed by atoms with E-state index >= 15 is 0 Å².